The summed E-state index contributed by atoms with van der Waals surface area (Å²) >= 11 is 0. The first-order valence-electron chi connectivity index (χ1n) is 7.86. The first-order chi connectivity index (χ1) is 9.09. The minimum Gasteiger partial charge on any atom is -0.322 e. The molecule has 1 atom stereocenters. The second kappa shape index (κ2) is 6.08. The quantitative estimate of drug-likeness (QED) is 0.846. The van der Waals surface area contributed by atoms with E-state index in [0.29, 0.717) is 11.3 Å². The first kappa shape index (κ1) is 14.6. The molecule has 2 N–H and O–H groups in total. The summed E-state index contributed by atoms with van der Waals surface area (Å²) in [6, 6.07) is 2.27. The maximum absolute atomic E-state index is 6.70. The smallest absolute Gasteiger partial charge is 0.0557 e. The van der Waals surface area contributed by atoms with Crippen molar-refractivity contribution in [2.75, 3.05) is 0 Å². The van der Waals surface area contributed by atoms with Crippen LogP contribution < -0.4 is 5.73 Å². The average molecular weight is 263 g/mol. The van der Waals surface area contributed by atoms with Gasteiger partial charge in [0.2, 0.25) is 0 Å². The molecule has 1 aromatic rings. The van der Waals surface area contributed by atoms with E-state index in [1.54, 1.807) is 0 Å². The number of rotatable bonds is 6. The van der Waals surface area contributed by atoms with Gasteiger partial charge in [0.1, 0.15) is 0 Å². The predicted octanol–water partition coefficient (Wildman–Crippen LogP) is 3.90. The largest absolute Gasteiger partial charge is 0.322 e. The molecular formula is C16H29N3. The van der Waals surface area contributed by atoms with Gasteiger partial charge in [-0.25, -0.2) is 0 Å². The number of hydrogen-bond donors (Lipinski definition) is 1. The lowest BCUT2D eigenvalue weighted by Crippen LogP contribution is -2.35. The molecule has 108 valence electrons. The summed E-state index contributed by atoms with van der Waals surface area (Å²) < 4.78 is 2.12. The van der Waals surface area contributed by atoms with Crippen molar-refractivity contribution in [2.45, 2.75) is 71.9 Å². The van der Waals surface area contributed by atoms with Crippen LogP contribution in [0.15, 0.2) is 12.3 Å². The third-order valence-electron chi connectivity index (χ3n) is 4.58. The second-order valence-corrected chi connectivity index (χ2v) is 6.62. The van der Waals surface area contributed by atoms with Crippen molar-refractivity contribution in [3.8, 4) is 0 Å². The van der Waals surface area contributed by atoms with Crippen LogP contribution in [-0.2, 0) is 6.54 Å². The fourth-order valence-electron chi connectivity index (χ4n) is 3.85. The van der Waals surface area contributed by atoms with Gasteiger partial charge in [-0.1, -0.05) is 33.6 Å². The third kappa shape index (κ3) is 3.02. The van der Waals surface area contributed by atoms with Crippen LogP contribution in [0.5, 0.6) is 0 Å². The Bertz CT molecular complexity index is 388. The molecule has 0 aliphatic heterocycles. The Labute approximate surface area is 117 Å². The topological polar surface area (TPSA) is 43.8 Å². The Morgan fingerprint density at radius 1 is 1.37 bits per heavy atom. The molecule has 1 fully saturated rings. The van der Waals surface area contributed by atoms with Crippen LogP contribution >= 0.6 is 0 Å². The van der Waals surface area contributed by atoms with Crippen molar-refractivity contribution in [1.82, 2.24) is 9.78 Å². The lowest BCUT2D eigenvalue weighted by atomic mass is 9.72. The molecule has 2 rings (SSSR count). The standard InChI is InChI=1S/C16H29N3/c1-4-11-19-14(7-10-18-19)15(17)16(12-13(2)3)8-5-6-9-16/h7,10,13,15H,4-6,8-9,11-12,17H2,1-3H3. The van der Waals surface area contributed by atoms with Crippen molar-refractivity contribution in [3.63, 3.8) is 0 Å². The summed E-state index contributed by atoms with van der Waals surface area (Å²) in [4.78, 5) is 0. The Morgan fingerprint density at radius 3 is 2.63 bits per heavy atom. The molecule has 1 aliphatic rings. The van der Waals surface area contributed by atoms with E-state index >= 15 is 0 Å². The number of aryl methyl sites for hydroxylation is 1. The molecule has 1 unspecified atom stereocenters. The molecule has 0 amide bonds. The zero-order chi connectivity index (χ0) is 13.9. The highest BCUT2D eigenvalue weighted by molar-refractivity contribution is 5.12. The highest BCUT2D eigenvalue weighted by atomic mass is 15.3. The fraction of sp³-hybridized carbons (Fsp3) is 0.812. The minimum absolute atomic E-state index is 0.145. The summed E-state index contributed by atoms with van der Waals surface area (Å²) in [5.74, 6) is 0.715. The Hall–Kier alpha value is -0.830. The predicted molar refractivity (Wildman–Crippen MR) is 79.8 cm³/mol. The normalized spacial score (nSPS) is 20.1. The van der Waals surface area contributed by atoms with Gasteiger partial charge in [-0.15, -0.1) is 0 Å². The van der Waals surface area contributed by atoms with E-state index in [0.717, 1.165) is 13.0 Å². The van der Waals surface area contributed by atoms with Crippen LogP contribution in [0.25, 0.3) is 0 Å². The molecular weight excluding hydrogens is 234 g/mol. The van der Waals surface area contributed by atoms with Gasteiger partial charge in [-0.3, -0.25) is 4.68 Å². The number of nitrogens with two attached hydrogens (primary N) is 1. The van der Waals surface area contributed by atoms with E-state index in [1.165, 1.54) is 37.8 Å². The van der Waals surface area contributed by atoms with E-state index in [9.17, 15) is 0 Å². The van der Waals surface area contributed by atoms with Gasteiger partial charge in [0, 0.05) is 12.7 Å². The number of aromatic nitrogens is 2. The van der Waals surface area contributed by atoms with Crippen molar-refractivity contribution in [2.24, 2.45) is 17.1 Å². The maximum atomic E-state index is 6.70. The van der Waals surface area contributed by atoms with Crippen LogP contribution in [0.1, 0.15) is 71.0 Å². The van der Waals surface area contributed by atoms with Crippen LogP contribution in [0.2, 0.25) is 0 Å². The van der Waals surface area contributed by atoms with Gasteiger partial charge in [-0.2, -0.15) is 5.10 Å². The van der Waals surface area contributed by atoms with Crippen molar-refractivity contribution in [3.05, 3.63) is 18.0 Å². The SMILES string of the molecule is CCCn1nccc1C(N)C1(CC(C)C)CCCC1. The molecule has 0 saturated heterocycles. The van der Waals surface area contributed by atoms with E-state index in [4.69, 9.17) is 5.73 Å². The minimum atomic E-state index is 0.145. The fourth-order valence-corrected chi connectivity index (χ4v) is 3.85. The monoisotopic (exact) mass is 263 g/mol. The zero-order valence-electron chi connectivity index (χ0n) is 12.7. The van der Waals surface area contributed by atoms with Gasteiger partial charge in [-0.05, 0) is 43.1 Å². The Balaban J connectivity index is 2.23. The summed E-state index contributed by atoms with van der Waals surface area (Å²) in [7, 11) is 0. The first-order valence-corrected chi connectivity index (χ1v) is 7.86. The molecule has 0 spiro atoms. The molecule has 0 radical (unpaired) electrons. The van der Waals surface area contributed by atoms with Gasteiger partial charge in [0.15, 0.2) is 0 Å². The molecule has 3 nitrogen and oxygen atoms in total. The van der Waals surface area contributed by atoms with Gasteiger partial charge >= 0.3 is 0 Å². The molecule has 3 heteroatoms. The van der Waals surface area contributed by atoms with Crippen molar-refractivity contribution < 1.29 is 0 Å². The Morgan fingerprint density at radius 2 is 2.05 bits per heavy atom. The molecule has 0 bridgehead atoms. The third-order valence-corrected chi connectivity index (χ3v) is 4.58. The lowest BCUT2D eigenvalue weighted by molar-refractivity contribution is 0.176. The maximum Gasteiger partial charge on any atom is 0.0557 e. The lowest BCUT2D eigenvalue weighted by Gasteiger charge is -2.37. The summed E-state index contributed by atoms with van der Waals surface area (Å²) in [5, 5.41) is 4.45. The van der Waals surface area contributed by atoms with Gasteiger partial charge < -0.3 is 5.73 Å². The molecule has 1 aliphatic carbocycles. The zero-order valence-corrected chi connectivity index (χ0v) is 12.7. The van der Waals surface area contributed by atoms with Crippen LogP contribution in [0.3, 0.4) is 0 Å². The van der Waals surface area contributed by atoms with E-state index < -0.39 is 0 Å². The highest BCUT2D eigenvalue weighted by Crippen LogP contribution is 2.50. The van der Waals surface area contributed by atoms with Gasteiger partial charge in [0.25, 0.3) is 0 Å². The summed E-state index contributed by atoms with van der Waals surface area (Å²) in [6.07, 6.45) is 9.49. The number of hydrogen-bond acceptors (Lipinski definition) is 2. The number of nitrogens with zero attached hydrogens (tertiary/aromatic N) is 2. The highest BCUT2D eigenvalue weighted by Gasteiger charge is 2.41. The molecule has 1 heterocycles. The van der Waals surface area contributed by atoms with E-state index in [2.05, 4.69) is 36.6 Å². The summed E-state index contributed by atoms with van der Waals surface area (Å²) in [5.41, 5.74) is 8.24. The van der Waals surface area contributed by atoms with E-state index in [1.807, 2.05) is 6.20 Å². The average Bonchev–Trinajstić information content (AvgIpc) is 2.98. The van der Waals surface area contributed by atoms with Crippen LogP contribution in [0, 0.1) is 11.3 Å². The summed E-state index contributed by atoms with van der Waals surface area (Å²) in [6.45, 7) is 7.80. The second-order valence-electron chi connectivity index (χ2n) is 6.62. The molecule has 19 heavy (non-hydrogen) atoms. The molecule has 1 aromatic heterocycles. The van der Waals surface area contributed by atoms with Crippen molar-refractivity contribution >= 4 is 0 Å². The van der Waals surface area contributed by atoms with Gasteiger partial charge in [0.05, 0.1) is 11.7 Å². The molecule has 0 aromatic carbocycles. The van der Waals surface area contributed by atoms with Crippen LogP contribution in [-0.4, -0.2) is 9.78 Å². The molecule has 1 saturated carbocycles. The van der Waals surface area contributed by atoms with Crippen LogP contribution in [0.4, 0.5) is 0 Å². The van der Waals surface area contributed by atoms with Crippen molar-refractivity contribution in [1.29, 1.82) is 0 Å². The Kier molecular flexibility index (Phi) is 4.67. The van der Waals surface area contributed by atoms with E-state index in [-0.39, 0.29) is 6.04 Å².